The van der Waals surface area contributed by atoms with Crippen molar-refractivity contribution in [1.29, 1.82) is 0 Å². The Hall–Kier alpha value is -0.770. The predicted molar refractivity (Wildman–Crippen MR) is 71.2 cm³/mol. The number of nitrogens with one attached hydrogen (secondary N) is 1. The molecule has 1 N–H and O–H groups in total. The second-order valence-corrected chi connectivity index (χ2v) is 6.43. The highest BCUT2D eigenvalue weighted by molar-refractivity contribution is 5.67. The van der Waals surface area contributed by atoms with E-state index in [0.29, 0.717) is 6.54 Å². The summed E-state index contributed by atoms with van der Waals surface area (Å²) >= 11 is 0. The molecule has 0 unspecified atom stereocenters. The summed E-state index contributed by atoms with van der Waals surface area (Å²) in [5.41, 5.74) is -0.292. The Morgan fingerprint density at radius 3 is 2.12 bits per heavy atom. The predicted octanol–water partition coefficient (Wildman–Crippen LogP) is 2.63. The van der Waals surface area contributed by atoms with Crippen molar-refractivity contribution in [3.8, 4) is 0 Å². The van der Waals surface area contributed by atoms with Crippen molar-refractivity contribution in [2.24, 2.45) is 0 Å². The zero-order valence-corrected chi connectivity index (χ0v) is 12.4. The van der Waals surface area contributed by atoms with Crippen LogP contribution in [-0.2, 0) is 4.74 Å². The smallest absolute Gasteiger partial charge is 0.410 e. The molecule has 4 nitrogen and oxygen atoms in total. The highest BCUT2D eigenvalue weighted by atomic mass is 16.6. The first-order valence-electron chi connectivity index (χ1n) is 6.20. The number of carbonyl (C=O) groups excluding carboxylic acids is 1. The molecule has 1 amide bonds. The minimum Gasteiger partial charge on any atom is -0.444 e. The average Bonchev–Trinajstić information content (AvgIpc) is 2.07. The van der Waals surface area contributed by atoms with Gasteiger partial charge in [-0.2, -0.15) is 0 Å². The fourth-order valence-electron chi connectivity index (χ4n) is 1.21. The molecule has 0 aliphatic heterocycles. The molecule has 102 valence electrons. The topological polar surface area (TPSA) is 41.6 Å². The zero-order valence-electron chi connectivity index (χ0n) is 12.4. The molecule has 0 aromatic rings. The van der Waals surface area contributed by atoms with Crippen LogP contribution in [0.15, 0.2) is 0 Å². The minimum absolute atomic E-state index is 0.129. The highest BCUT2D eigenvalue weighted by Gasteiger charge is 2.19. The normalized spacial score (nSPS) is 12.4. The number of hydrogen-bond acceptors (Lipinski definition) is 3. The summed E-state index contributed by atoms with van der Waals surface area (Å²) in [6, 6.07) is 0. The highest BCUT2D eigenvalue weighted by Crippen LogP contribution is 2.09. The van der Waals surface area contributed by atoms with Crippen molar-refractivity contribution in [2.45, 2.75) is 59.1 Å². The molecule has 0 aromatic carbocycles. The molecule has 0 bridgehead atoms. The van der Waals surface area contributed by atoms with E-state index in [4.69, 9.17) is 4.74 Å². The maximum atomic E-state index is 11.6. The number of rotatable bonds is 4. The number of nitrogens with zero attached hydrogens (tertiary/aromatic N) is 1. The Balaban J connectivity index is 3.80. The molecule has 17 heavy (non-hydrogen) atoms. The van der Waals surface area contributed by atoms with Gasteiger partial charge in [-0.25, -0.2) is 4.79 Å². The van der Waals surface area contributed by atoms with Gasteiger partial charge in [-0.1, -0.05) is 0 Å². The molecule has 0 aliphatic rings. The quantitative estimate of drug-likeness (QED) is 0.773. The van der Waals surface area contributed by atoms with Gasteiger partial charge in [0, 0.05) is 19.1 Å². The van der Waals surface area contributed by atoms with Gasteiger partial charge in [0.1, 0.15) is 5.60 Å². The van der Waals surface area contributed by atoms with Crippen molar-refractivity contribution in [2.75, 3.05) is 20.1 Å². The van der Waals surface area contributed by atoms with Gasteiger partial charge in [-0.15, -0.1) is 0 Å². The van der Waals surface area contributed by atoms with Crippen LogP contribution in [0.25, 0.3) is 0 Å². The van der Waals surface area contributed by atoms with Gasteiger partial charge >= 0.3 is 6.09 Å². The SMILES string of the molecule is CN(CCCNC(C)(C)C)C(=O)OC(C)(C)C. The molecule has 0 aliphatic carbocycles. The summed E-state index contributed by atoms with van der Waals surface area (Å²) in [6.07, 6.45) is 0.667. The van der Waals surface area contributed by atoms with Gasteiger partial charge in [-0.05, 0) is 54.5 Å². The molecule has 0 heterocycles. The molecule has 0 fully saturated rings. The Morgan fingerprint density at radius 1 is 1.18 bits per heavy atom. The molecule has 4 heteroatoms. The lowest BCUT2D eigenvalue weighted by Crippen LogP contribution is -2.39. The fraction of sp³-hybridized carbons (Fsp3) is 0.923. The van der Waals surface area contributed by atoms with Gasteiger partial charge in [-0.3, -0.25) is 0 Å². The summed E-state index contributed by atoms with van der Waals surface area (Å²) in [7, 11) is 1.77. The van der Waals surface area contributed by atoms with Gasteiger partial charge in [0.2, 0.25) is 0 Å². The third-order valence-electron chi connectivity index (χ3n) is 2.03. The van der Waals surface area contributed by atoms with Crippen LogP contribution in [0.2, 0.25) is 0 Å². The summed E-state index contributed by atoms with van der Waals surface area (Å²) in [5.74, 6) is 0. The Morgan fingerprint density at radius 2 is 1.71 bits per heavy atom. The first-order valence-corrected chi connectivity index (χ1v) is 6.20. The molecule has 0 atom stereocenters. The zero-order chi connectivity index (χ0) is 13.7. The Kier molecular flexibility index (Phi) is 5.96. The van der Waals surface area contributed by atoms with Crippen LogP contribution in [0.1, 0.15) is 48.0 Å². The molecule has 0 aromatic heterocycles. The third-order valence-corrected chi connectivity index (χ3v) is 2.03. The van der Waals surface area contributed by atoms with Gasteiger partial charge in [0.25, 0.3) is 0 Å². The largest absolute Gasteiger partial charge is 0.444 e. The lowest BCUT2D eigenvalue weighted by atomic mass is 10.1. The van der Waals surface area contributed by atoms with Crippen LogP contribution >= 0.6 is 0 Å². The van der Waals surface area contributed by atoms with Crippen molar-refractivity contribution >= 4 is 6.09 Å². The van der Waals surface area contributed by atoms with E-state index in [1.807, 2.05) is 20.8 Å². The first-order chi connectivity index (χ1) is 7.51. The van der Waals surface area contributed by atoms with Crippen LogP contribution in [0, 0.1) is 0 Å². The van der Waals surface area contributed by atoms with Gasteiger partial charge < -0.3 is 15.0 Å². The summed E-state index contributed by atoms with van der Waals surface area (Å²) in [4.78, 5) is 13.3. The number of amides is 1. The van der Waals surface area contributed by atoms with Crippen molar-refractivity contribution in [3.05, 3.63) is 0 Å². The van der Waals surface area contributed by atoms with Crippen LogP contribution in [0.5, 0.6) is 0 Å². The first kappa shape index (κ1) is 16.2. The van der Waals surface area contributed by atoms with E-state index in [2.05, 4.69) is 26.1 Å². The Labute approximate surface area is 106 Å². The van der Waals surface area contributed by atoms with Crippen molar-refractivity contribution in [1.82, 2.24) is 10.2 Å². The van der Waals surface area contributed by atoms with Crippen molar-refractivity contribution in [3.63, 3.8) is 0 Å². The van der Waals surface area contributed by atoms with E-state index < -0.39 is 5.60 Å². The lowest BCUT2D eigenvalue weighted by Gasteiger charge is -2.25. The van der Waals surface area contributed by atoms with E-state index in [-0.39, 0.29) is 11.6 Å². The Bertz CT molecular complexity index is 239. The van der Waals surface area contributed by atoms with E-state index in [1.54, 1.807) is 11.9 Å². The minimum atomic E-state index is -0.422. The summed E-state index contributed by atoms with van der Waals surface area (Å²) in [5, 5.41) is 3.39. The van der Waals surface area contributed by atoms with E-state index in [0.717, 1.165) is 13.0 Å². The van der Waals surface area contributed by atoms with E-state index >= 15 is 0 Å². The standard InChI is InChI=1S/C13H28N2O2/c1-12(2,3)14-9-8-10-15(7)11(16)17-13(4,5)6/h14H,8-10H2,1-7H3. The van der Waals surface area contributed by atoms with Crippen LogP contribution in [0.3, 0.4) is 0 Å². The third kappa shape index (κ3) is 10.1. The van der Waals surface area contributed by atoms with E-state index in [9.17, 15) is 4.79 Å². The molecular formula is C13H28N2O2. The molecule has 0 spiro atoms. The molecule has 0 saturated carbocycles. The molecule has 0 rings (SSSR count). The summed E-state index contributed by atoms with van der Waals surface area (Å²) in [6.45, 7) is 13.6. The average molecular weight is 244 g/mol. The van der Waals surface area contributed by atoms with Gasteiger partial charge in [0.15, 0.2) is 0 Å². The van der Waals surface area contributed by atoms with E-state index in [1.165, 1.54) is 0 Å². The molecule has 0 saturated heterocycles. The van der Waals surface area contributed by atoms with Crippen LogP contribution in [0.4, 0.5) is 4.79 Å². The number of carbonyl (C=O) groups is 1. The molecular weight excluding hydrogens is 216 g/mol. The van der Waals surface area contributed by atoms with Crippen LogP contribution in [-0.4, -0.2) is 42.3 Å². The lowest BCUT2D eigenvalue weighted by molar-refractivity contribution is 0.0297. The van der Waals surface area contributed by atoms with Crippen LogP contribution < -0.4 is 5.32 Å². The van der Waals surface area contributed by atoms with Gasteiger partial charge in [0.05, 0.1) is 0 Å². The second-order valence-electron chi connectivity index (χ2n) is 6.43. The molecule has 0 radical (unpaired) electrons. The maximum Gasteiger partial charge on any atom is 0.410 e. The monoisotopic (exact) mass is 244 g/mol. The maximum absolute atomic E-state index is 11.6. The summed E-state index contributed by atoms with van der Waals surface area (Å²) < 4.78 is 5.26. The fourth-order valence-corrected chi connectivity index (χ4v) is 1.21. The second kappa shape index (κ2) is 6.24. The van der Waals surface area contributed by atoms with Crippen molar-refractivity contribution < 1.29 is 9.53 Å². The number of hydrogen-bond donors (Lipinski definition) is 1. The number of ether oxygens (including phenoxy) is 1.